The number of rotatable bonds is 0. The summed E-state index contributed by atoms with van der Waals surface area (Å²) >= 11 is 0. The first-order valence-corrected chi connectivity index (χ1v) is 10.0. The summed E-state index contributed by atoms with van der Waals surface area (Å²) in [6.07, 6.45) is 3.71. The van der Waals surface area contributed by atoms with E-state index in [-0.39, 0.29) is 41.0 Å². The van der Waals surface area contributed by atoms with E-state index in [1.54, 1.807) is 0 Å². The van der Waals surface area contributed by atoms with E-state index in [0.29, 0.717) is 18.4 Å². The van der Waals surface area contributed by atoms with E-state index in [4.69, 9.17) is 14.2 Å². The molecule has 138 valence electrons. The van der Waals surface area contributed by atoms with Gasteiger partial charge in [0.05, 0.1) is 24.7 Å². The number of aliphatic hydroxyl groups is 1. The molecule has 10 atom stereocenters. The van der Waals surface area contributed by atoms with Crippen molar-refractivity contribution in [1.82, 2.24) is 0 Å². The highest BCUT2D eigenvalue weighted by Gasteiger charge is 2.78. The van der Waals surface area contributed by atoms with Gasteiger partial charge in [-0.1, -0.05) is 13.8 Å². The summed E-state index contributed by atoms with van der Waals surface area (Å²) in [5.41, 5.74) is -0.697. The Balaban J connectivity index is 1.55. The van der Waals surface area contributed by atoms with Crippen molar-refractivity contribution < 1.29 is 24.1 Å². The van der Waals surface area contributed by atoms with E-state index in [1.807, 2.05) is 0 Å². The van der Waals surface area contributed by atoms with Crippen LogP contribution in [-0.4, -0.2) is 42.8 Å². The third-order valence-electron chi connectivity index (χ3n) is 9.13. The van der Waals surface area contributed by atoms with E-state index in [0.717, 1.165) is 38.7 Å². The van der Waals surface area contributed by atoms with Gasteiger partial charge in [-0.05, 0) is 49.4 Å². The monoisotopic (exact) mass is 348 g/mol. The molecule has 3 heterocycles. The van der Waals surface area contributed by atoms with Gasteiger partial charge in [0, 0.05) is 17.3 Å². The third kappa shape index (κ3) is 1.53. The fourth-order valence-corrected chi connectivity index (χ4v) is 8.34. The largest absolute Gasteiger partial charge is 0.461 e. The molecule has 3 aliphatic carbocycles. The molecule has 6 rings (SSSR count). The van der Waals surface area contributed by atoms with Gasteiger partial charge in [-0.15, -0.1) is 0 Å². The topological polar surface area (TPSA) is 65.0 Å². The van der Waals surface area contributed by atoms with Gasteiger partial charge in [-0.25, -0.2) is 0 Å². The van der Waals surface area contributed by atoms with Crippen LogP contribution in [0, 0.1) is 39.9 Å². The van der Waals surface area contributed by atoms with Crippen molar-refractivity contribution in [3.05, 3.63) is 0 Å². The summed E-state index contributed by atoms with van der Waals surface area (Å²) in [6.45, 7) is 5.84. The molecule has 3 aliphatic heterocycles. The van der Waals surface area contributed by atoms with Gasteiger partial charge in [0.2, 0.25) is 0 Å². The Bertz CT molecular complexity index is 646. The predicted octanol–water partition coefficient (Wildman–Crippen LogP) is 2.11. The summed E-state index contributed by atoms with van der Waals surface area (Å²) in [7, 11) is 0. The summed E-state index contributed by atoms with van der Waals surface area (Å²) in [4.78, 5) is 13.2. The van der Waals surface area contributed by atoms with Crippen LogP contribution in [0.4, 0.5) is 0 Å². The third-order valence-corrected chi connectivity index (χ3v) is 9.13. The number of carbonyl (C=O) groups excluding carboxylic acids is 1. The van der Waals surface area contributed by atoms with Gasteiger partial charge in [0.1, 0.15) is 6.10 Å². The number of hydrogen-bond donors (Lipinski definition) is 1. The maximum absolute atomic E-state index is 13.2. The van der Waals surface area contributed by atoms with Crippen LogP contribution in [0.1, 0.15) is 46.0 Å². The maximum atomic E-state index is 13.2. The minimum atomic E-state index is -0.503. The van der Waals surface area contributed by atoms with Crippen molar-refractivity contribution in [3.8, 4) is 0 Å². The first-order chi connectivity index (χ1) is 11.9. The van der Waals surface area contributed by atoms with Crippen molar-refractivity contribution in [2.75, 3.05) is 13.2 Å². The first-order valence-electron chi connectivity index (χ1n) is 10.0. The molecule has 0 aromatic heterocycles. The zero-order valence-electron chi connectivity index (χ0n) is 15.1. The van der Waals surface area contributed by atoms with Crippen LogP contribution in [0.2, 0.25) is 0 Å². The molecule has 5 nitrogen and oxygen atoms in total. The van der Waals surface area contributed by atoms with E-state index in [1.165, 1.54) is 0 Å². The molecular formula is C20H28O5. The minimum absolute atomic E-state index is 0.0350. The molecule has 2 spiro atoms. The van der Waals surface area contributed by atoms with Crippen molar-refractivity contribution in [1.29, 1.82) is 0 Å². The predicted molar refractivity (Wildman–Crippen MR) is 87.3 cm³/mol. The van der Waals surface area contributed by atoms with Crippen molar-refractivity contribution in [3.63, 3.8) is 0 Å². The average molecular weight is 348 g/mol. The average Bonchev–Trinajstić information content (AvgIpc) is 3.18. The van der Waals surface area contributed by atoms with Gasteiger partial charge in [0.15, 0.2) is 6.29 Å². The van der Waals surface area contributed by atoms with Crippen molar-refractivity contribution in [2.24, 2.45) is 39.9 Å². The maximum Gasteiger partial charge on any atom is 0.312 e. The minimum Gasteiger partial charge on any atom is -0.461 e. The number of fused-ring (bicyclic) bond motifs is 1. The lowest BCUT2D eigenvalue weighted by molar-refractivity contribution is -0.250. The van der Waals surface area contributed by atoms with Crippen LogP contribution in [0.15, 0.2) is 0 Å². The van der Waals surface area contributed by atoms with Crippen LogP contribution in [-0.2, 0) is 19.0 Å². The zero-order valence-corrected chi connectivity index (χ0v) is 15.1. The number of esters is 1. The van der Waals surface area contributed by atoms with Crippen LogP contribution < -0.4 is 0 Å². The summed E-state index contributed by atoms with van der Waals surface area (Å²) in [5.74, 6) is 1.08. The second kappa shape index (κ2) is 4.42. The normalized spacial score (nSPS) is 64.4. The van der Waals surface area contributed by atoms with Gasteiger partial charge in [0.25, 0.3) is 0 Å². The molecule has 2 bridgehead atoms. The Labute approximate surface area is 148 Å². The molecule has 0 radical (unpaired) electrons. The van der Waals surface area contributed by atoms with Gasteiger partial charge in [-0.3, -0.25) is 4.79 Å². The molecule has 1 N–H and O–H groups in total. The molecule has 5 heteroatoms. The molecule has 0 amide bonds. The molecule has 3 saturated heterocycles. The number of hydrogen-bond acceptors (Lipinski definition) is 5. The lowest BCUT2D eigenvalue weighted by Gasteiger charge is -2.62. The second-order valence-electron chi connectivity index (χ2n) is 10.2. The lowest BCUT2D eigenvalue weighted by atomic mass is 9.44. The van der Waals surface area contributed by atoms with Crippen LogP contribution in [0.25, 0.3) is 0 Å². The van der Waals surface area contributed by atoms with Gasteiger partial charge >= 0.3 is 5.97 Å². The van der Waals surface area contributed by atoms with Crippen molar-refractivity contribution in [2.45, 2.75) is 64.4 Å². The SMILES string of the molecule is C[C@@H]1C[C@]23C[C@H]1C[C@@H](O)[C@H]2[C@]12CO[C@@H]4OC[C@](C)(CC[C@@H]1OC3=O)[C@@H]42. The summed E-state index contributed by atoms with van der Waals surface area (Å²) in [5, 5.41) is 11.3. The lowest BCUT2D eigenvalue weighted by Crippen LogP contribution is -2.69. The van der Waals surface area contributed by atoms with Crippen LogP contribution >= 0.6 is 0 Å². The Kier molecular flexibility index (Phi) is 2.73. The van der Waals surface area contributed by atoms with Gasteiger partial charge in [-0.2, -0.15) is 0 Å². The standard InChI is InChI=1S/C20H28O5/c1-10-6-19-7-11(10)5-12(21)14(19)20-9-24-16-15(20)18(2,8-23-16)4-3-13(20)25-17(19)22/h10-16,21H,3-9H2,1-2H3/t10-,11-,12-,13+,14-,15-,16+,18+,19+,20+/m1/s1. The second-order valence-corrected chi connectivity index (χ2v) is 10.2. The highest BCUT2D eigenvalue weighted by molar-refractivity contribution is 5.80. The summed E-state index contributed by atoms with van der Waals surface area (Å²) in [6, 6.07) is 0. The zero-order chi connectivity index (χ0) is 17.2. The van der Waals surface area contributed by atoms with E-state index in [9.17, 15) is 9.90 Å². The number of carbonyl (C=O) groups is 1. The summed E-state index contributed by atoms with van der Waals surface area (Å²) < 4.78 is 18.4. The fourth-order valence-electron chi connectivity index (χ4n) is 8.34. The van der Waals surface area contributed by atoms with Crippen LogP contribution in [0.3, 0.4) is 0 Å². The quantitative estimate of drug-likeness (QED) is 0.679. The van der Waals surface area contributed by atoms with Gasteiger partial charge < -0.3 is 19.3 Å². The Morgan fingerprint density at radius 1 is 1.16 bits per heavy atom. The Morgan fingerprint density at radius 2 is 1.96 bits per heavy atom. The Morgan fingerprint density at radius 3 is 2.80 bits per heavy atom. The molecule has 6 aliphatic rings. The van der Waals surface area contributed by atoms with E-state index < -0.39 is 11.5 Å². The number of ether oxygens (including phenoxy) is 3. The van der Waals surface area contributed by atoms with Crippen molar-refractivity contribution >= 4 is 5.97 Å². The molecule has 6 fully saturated rings. The van der Waals surface area contributed by atoms with Crippen LogP contribution in [0.5, 0.6) is 0 Å². The molecule has 0 unspecified atom stereocenters. The molecule has 3 saturated carbocycles. The van der Waals surface area contributed by atoms with E-state index in [2.05, 4.69) is 13.8 Å². The van der Waals surface area contributed by atoms with E-state index >= 15 is 0 Å². The number of aliphatic hydroxyl groups excluding tert-OH is 1. The smallest absolute Gasteiger partial charge is 0.312 e. The first kappa shape index (κ1) is 15.4. The molecule has 0 aromatic rings. The molecular weight excluding hydrogens is 320 g/mol. The molecule has 0 aromatic carbocycles. The fraction of sp³-hybridized carbons (Fsp3) is 0.950. The molecule has 25 heavy (non-hydrogen) atoms. The Hall–Kier alpha value is -0.650. The highest BCUT2D eigenvalue weighted by atomic mass is 16.7. The highest BCUT2D eigenvalue weighted by Crippen LogP contribution is 2.73.